The van der Waals surface area contributed by atoms with Crippen LogP contribution in [-0.4, -0.2) is 41.8 Å². The number of rotatable bonds is 14. The second kappa shape index (κ2) is 15.1. The molecule has 0 heterocycles. The molecule has 7 heteroatoms. The first-order chi connectivity index (χ1) is 16.9. The Labute approximate surface area is 209 Å². The minimum Gasteiger partial charge on any atom is -0.367 e. The van der Waals surface area contributed by atoms with E-state index in [1.807, 2.05) is 44.2 Å². The predicted octanol–water partition coefficient (Wildman–Crippen LogP) is 4.05. The van der Waals surface area contributed by atoms with Crippen molar-refractivity contribution in [2.45, 2.75) is 65.6 Å². The zero-order valence-electron chi connectivity index (χ0n) is 21.2. The van der Waals surface area contributed by atoms with Gasteiger partial charge in [-0.3, -0.25) is 19.3 Å². The van der Waals surface area contributed by atoms with Crippen LogP contribution in [0.4, 0.5) is 0 Å². The zero-order valence-corrected chi connectivity index (χ0v) is 21.2. The molecule has 7 nitrogen and oxygen atoms in total. The Hall–Kier alpha value is -3.03. The van der Waals surface area contributed by atoms with E-state index in [9.17, 15) is 14.4 Å². The fourth-order valence-electron chi connectivity index (χ4n) is 3.65. The smallest absolute Gasteiger partial charge is 0.255 e. The molecule has 0 aliphatic carbocycles. The molecule has 35 heavy (non-hydrogen) atoms. The summed E-state index contributed by atoms with van der Waals surface area (Å²) in [5, 5.41) is 2.87. The fourth-order valence-corrected chi connectivity index (χ4v) is 3.65. The Bertz CT molecular complexity index is 931. The summed E-state index contributed by atoms with van der Waals surface area (Å²) < 4.78 is 5.62. The maximum Gasteiger partial charge on any atom is 0.255 e. The number of amides is 3. The lowest BCUT2D eigenvalue weighted by Crippen LogP contribution is -2.54. The van der Waals surface area contributed by atoms with Crippen molar-refractivity contribution in [3.05, 3.63) is 71.3 Å². The Morgan fingerprint density at radius 1 is 0.971 bits per heavy atom. The Morgan fingerprint density at radius 3 is 2.26 bits per heavy atom. The van der Waals surface area contributed by atoms with Gasteiger partial charge in [0.25, 0.3) is 17.7 Å². The van der Waals surface area contributed by atoms with Crippen molar-refractivity contribution in [3.63, 3.8) is 0 Å². The molecule has 0 spiro atoms. The van der Waals surface area contributed by atoms with Crippen LogP contribution in [0.2, 0.25) is 0 Å². The quantitative estimate of drug-likeness (QED) is 0.396. The van der Waals surface area contributed by atoms with E-state index < -0.39 is 17.9 Å². The Morgan fingerprint density at radius 2 is 1.66 bits per heavy atom. The fraction of sp³-hybridized carbons (Fsp3) is 0.464. The molecule has 3 N–H and O–H groups in total. The number of ether oxygens (including phenoxy) is 1. The largest absolute Gasteiger partial charge is 0.367 e. The van der Waals surface area contributed by atoms with Crippen molar-refractivity contribution in [3.8, 4) is 0 Å². The summed E-state index contributed by atoms with van der Waals surface area (Å²) in [5.41, 5.74) is 7.95. The molecule has 2 atom stereocenters. The van der Waals surface area contributed by atoms with Gasteiger partial charge in [-0.25, -0.2) is 0 Å². The Balaban J connectivity index is 2.14. The van der Waals surface area contributed by atoms with E-state index in [-0.39, 0.29) is 25.0 Å². The molecule has 0 saturated heterocycles. The first-order valence-corrected chi connectivity index (χ1v) is 12.5. The average Bonchev–Trinajstić information content (AvgIpc) is 2.89. The van der Waals surface area contributed by atoms with Gasteiger partial charge in [0.1, 0.15) is 12.6 Å². The second-order valence-electron chi connectivity index (χ2n) is 8.81. The van der Waals surface area contributed by atoms with E-state index in [1.165, 1.54) is 4.90 Å². The lowest BCUT2D eigenvalue weighted by atomic mass is 9.97. The van der Waals surface area contributed by atoms with Crippen molar-refractivity contribution in [1.82, 2.24) is 10.2 Å². The maximum absolute atomic E-state index is 13.6. The lowest BCUT2D eigenvalue weighted by molar-refractivity contribution is -0.150. The molecule has 0 aliphatic heterocycles. The molecule has 190 valence electrons. The lowest BCUT2D eigenvalue weighted by Gasteiger charge is -2.29. The molecule has 0 bridgehead atoms. The molecule has 0 aromatic heterocycles. The molecule has 1 unspecified atom stereocenters. The van der Waals surface area contributed by atoms with Gasteiger partial charge in [0.05, 0.1) is 6.61 Å². The molecule has 0 aliphatic rings. The van der Waals surface area contributed by atoms with Crippen molar-refractivity contribution in [1.29, 1.82) is 0 Å². The van der Waals surface area contributed by atoms with Crippen LogP contribution in [0.1, 0.15) is 67.9 Å². The summed E-state index contributed by atoms with van der Waals surface area (Å²) in [6, 6.07) is 15.7. The highest BCUT2D eigenvalue weighted by molar-refractivity contribution is 6.02. The molecule has 2 aromatic carbocycles. The van der Waals surface area contributed by atoms with Gasteiger partial charge in [-0.1, -0.05) is 82.5 Å². The van der Waals surface area contributed by atoms with Crippen LogP contribution < -0.4 is 11.1 Å². The van der Waals surface area contributed by atoms with Gasteiger partial charge in [0, 0.05) is 18.7 Å². The van der Waals surface area contributed by atoms with Crippen molar-refractivity contribution >= 4 is 17.7 Å². The van der Waals surface area contributed by atoms with Gasteiger partial charge in [0.15, 0.2) is 0 Å². The van der Waals surface area contributed by atoms with Crippen LogP contribution in [0, 0.1) is 5.92 Å². The first-order valence-electron chi connectivity index (χ1n) is 12.5. The number of carbonyl (C=O) groups is 3. The SMILES string of the molecule is CCCCCN(C(=O)COCc1ccccc1)C(=O)[C@@H](NC(=O)c1ccc(CN)cc1)C(C)CC. The summed E-state index contributed by atoms with van der Waals surface area (Å²) >= 11 is 0. The average molecular weight is 482 g/mol. The molecule has 0 saturated carbocycles. The number of benzene rings is 2. The monoisotopic (exact) mass is 481 g/mol. The van der Waals surface area contributed by atoms with E-state index in [1.54, 1.807) is 24.3 Å². The number of nitrogens with zero attached hydrogens (tertiary/aromatic N) is 1. The summed E-state index contributed by atoms with van der Waals surface area (Å²) in [6.45, 7) is 6.70. The molecule has 3 amide bonds. The minimum absolute atomic E-state index is 0.151. The van der Waals surface area contributed by atoms with Crippen LogP contribution in [-0.2, 0) is 27.5 Å². The van der Waals surface area contributed by atoms with Gasteiger partial charge in [-0.05, 0) is 35.6 Å². The standard InChI is InChI=1S/C28H39N3O4/c1-4-6-10-17-31(25(32)20-35-19-23-11-8-7-9-12-23)28(34)26(21(3)5-2)30-27(33)24-15-13-22(18-29)14-16-24/h7-9,11-16,21,26H,4-6,10,17-20,29H2,1-3H3,(H,30,33)/t21?,26-/m0/s1. The highest BCUT2D eigenvalue weighted by Gasteiger charge is 2.33. The van der Waals surface area contributed by atoms with Crippen LogP contribution in [0.15, 0.2) is 54.6 Å². The van der Waals surface area contributed by atoms with Crippen LogP contribution in [0.5, 0.6) is 0 Å². The molecular formula is C28H39N3O4. The van der Waals surface area contributed by atoms with Crippen LogP contribution in [0.25, 0.3) is 0 Å². The number of hydrogen-bond donors (Lipinski definition) is 2. The summed E-state index contributed by atoms with van der Waals surface area (Å²) in [5.74, 6) is -1.29. The van der Waals surface area contributed by atoms with E-state index in [0.29, 0.717) is 31.5 Å². The normalized spacial score (nSPS) is 12.6. The number of imide groups is 1. The van der Waals surface area contributed by atoms with Gasteiger partial charge in [-0.15, -0.1) is 0 Å². The highest BCUT2D eigenvalue weighted by atomic mass is 16.5. The van der Waals surface area contributed by atoms with E-state index >= 15 is 0 Å². The van der Waals surface area contributed by atoms with Crippen LogP contribution >= 0.6 is 0 Å². The van der Waals surface area contributed by atoms with Crippen molar-refractivity contribution < 1.29 is 19.1 Å². The number of unbranched alkanes of at least 4 members (excludes halogenated alkanes) is 2. The van der Waals surface area contributed by atoms with Gasteiger partial charge in [0.2, 0.25) is 0 Å². The predicted molar refractivity (Wildman–Crippen MR) is 137 cm³/mol. The Kier molecular flexibility index (Phi) is 12.1. The van der Waals surface area contributed by atoms with Crippen molar-refractivity contribution in [2.24, 2.45) is 11.7 Å². The molecule has 2 aromatic rings. The first kappa shape index (κ1) is 28.2. The van der Waals surface area contributed by atoms with Crippen LogP contribution in [0.3, 0.4) is 0 Å². The van der Waals surface area contributed by atoms with Gasteiger partial charge < -0.3 is 15.8 Å². The molecule has 0 radical (unpaired) electrons. The maximum atomic E-state index is 13.6. The molecule has 0 fully saturated rings. The molecule has 2 rings (SSSR count). The number of nitrogens with two attached hydrogens (primary N) is 1. The molecular weight excluding hydrogens is 442 g/mol. The number of nitrogens with one attached hydrogen (secondary N) is 1. The van der Waals surface area contributed by atoms with Gasteiger partial charge in [-0.2, -0.15) is 0 Å². The van der Waals surface area contributed by atoms with Gasteiger partial charge >= 0.3 is 0 Å². The third-order valence-electron chi connectivity index (χ3n) is 6.11. The number of carbonyl (C=O) groups excluding carboxylic acids is 3. The second-order valence-corrected chi connectivity index (χ2v) is 8.81. The van der Waals surface area contributed by atoms with Crippen molar-refractivity contribution in [2.75, 3.05) is 13.2 Å². The minimum atomic E-state index is -0.818. The third-order valence-corrected chi connectivity index (χ3v) is 6.11. The summed E-state index contributed by atoms with van der Waals surface area (Å²) in [6.07, 6.45) is 3.24. The topological polar surface area (TPSA) is 102 Å². The van der Waals surface area contributed by atoms with E-state index in [0.717, 1.165) is 24.0 Å². The highest BCUT2D eigenvalue weighted by Crippen LogP contribution is 2.15. The zero-order chi connectivity index (χ0) is 25.6. The van der Waals surface area contributed by atoms with E-state index in [2.05, 4.69) is 12.2 Å². The summed E-state index contributed by atoms with van der Waals surface area (Å²) in [7, 11) is 0. The van der Waals surface area contributed by atoms with E-state index in [4.69, 9.17) is 10.5 Å². The third kappa shape index (κ3) is 8.92. The number of hydrogen-bond acceptors (Lipinski definition) is 5. The summed E-state index contributed by atoms with van der Waals surface area (Å²) in [4.78, 5) is 40.9.